The van der Waals surface area contributed by atoms with Gasteiger partial charge in [-0.3, -0.25) is 4.90 Å². The number of hydrogen-bond donors (Lipinski definition) is 0. The Morgan fingerprint density at radius 1 is 1.27 bits per heavy atom. The van der Waals surface area contributed by atoms with Crippen molar-refractivity contribution < 1.29 is 0 Å². The Hall–Kier alpha value is 0.130. The second-order valence-corrected chi connectivity index (χ2v) is 5.64. The lowest BCUT2D eigenvalue weighted by Gasteiger charge is -2.24. The molecule has 0 saturated carbocycles. The van der Waals surface area contributed by atoms with Gasteiger partial charge in [0, 0.05) is 6.54 Å². The summed E-state index contributed by atoms with van der Waals surface area (Å²) in [6.45, 7) is 6.23. The van der Waals surface area contributed by atoms with Crippen molar-refractivity contribution in [3.63, 3.8) is 0 Å². The lowest BCUT2D eigenvalue weighted by Crippen LogP contribution is -2.31. The van der Waals surface area contributed by atoms with Crippen LogP contribution in [0.4, 0.5) is 0 Å². The lowest BCUT2D eigenvalue weighted by molar-refractivity contribution is 0.242. The van der Waals surface area contributed by atoms with Crippen molar-refractivity contribution in [3.05, 3.63) is 0 Å². The molecule has 0 aromatic carbocycles. The minimum Gasteiger partial charge on any atom is -0.299 e. The van der Waals surface area contributed by atoms with E-state index in [9.17, 15) is 0 Å². The Kier molecular flexibility index (Phi) is 4.11. The van der Waals surface area contributed by atoms with Gasteiger partial charge in [-0.2, -0.15) is 0 Å². The standard InChI is InChI=1S/C9H19NP/c1-11(2)9-8-10-6-4-3-5-7-10/h1,3-9H2,2H3/q+1. The Labute approximate surface area is 71.2 Å². The van der Waals surface area contributed by atoms with Crippen molar-refractivity contribution >= 4 is 13.8 Å². The first-order valence-corrected chi connectivity index (χ1v) is 6.69. The molecule has 0 aromatic heterocycles. The van der Waals surface area contributed by atoms with Crippen molar-refractivity contribution in [2.24, 2.45) is 0 Å². The number of nitrogens with zero attached hydrogens (tertiary/aromatic N) is 1. The maximum Gasteiger partial charge on any atom is 0.118 e. The van der Waals surface area contributed by atoms with Crippen LogP contribution in [0.15, 0.2) is 0 Å². The van der Waals surface area contributed by atoms with Gasteiger partial charge in [-0.05, 0) is 25.9 Å². The molecule has 0 aromatic rings. The van der Waals surface area contributed by atoms with Crippen molar-refractivity contribution in [1.29, 1.82) is 0 Å². The Morgan fingerprint density at radius 3 is 2.45 bits per heavy atom. The van der Waals surface area contributed by atoms with Crippen molar-refractivity contribution in [3.8, 4) is 0 Å². The van der Waals surface area contributed by atoms with E-state index in [-0.39, 0.29) is 7.55 Å². The zero-order chi connectivity index (χ0) is 8.10. The highest BCUT2D eigenvalue weighted by Crippen LogP contribution is 2.14. The van der Waals surface area contributed by atoms with E-state index >= 15 is 0 Å². The smallest absolute Gasteiger partial charge is 0.118 e. The van der Waals surface area contributed by atoms with Crippen LogP contribution < -0.4 is 0 Å². The van der Waals surface area contributed by atoms with E-state index in [0.29, 0.717) is 0 Å². The molecule has 64 valence electrons. The van der Waals surface area contributed by atoms with Crippen molar-refractivity contribution in [2.75, 3.05) is 32.5 Å². The molecule has 1 saturated heterocycles. The fourth-order valence-corrected chi connectivity index (χ4v) is 2.12. The second-order valence-electron chi connectivity index (χ2n) is 3.48. The van der Waals surface area contributed by atoms with Gasteiger partial charge in [-0.25, -0.2) is 0 Å². The minimum absolute atomic E-state index is 0.0830. The fourth-order valence-electron chi connectivity index (χ4n) is 1.50. The third-order valence-corrected chi connectivity index (χ3v) is 3.21. The SMILES string of the molecule is C=[P+](C)CCN1CCCCC1. The first-order chi connectivity index (χ1) is 5.29. The average Bonchev–Trinajstić information content (AvgIpc) is 2.03. The summed E-state index contributed by atoms with van der Waals surface area (Å²) in [6, 6.07) is 0. The van der Waals surface area contributed by atoms with Crippen LogP contribution in [0.1, 0.15) is 19.3 Å². The molecular formula is C9H19NP+. The van der Waals surface area contributed by atoms with E-state index in [1.807, 2.05) is 0 Å². The summed E-state index contributed by atoms with van der Waals surface area (Å²) in [5, 5.41) is 0. The molecule has 0 radical (unpaired) electrons. The van der Waals surface area contributed by atoms with E-state index < -0.39 is 0 Å². The first kappa shape index (κ1) is 9.22. The van der Waals surface area contributed by atoms with Crippen molar-refractivity contribution in [1.82, 2.24) is 4.90 Å². The van der Waals surface area contributed by atoms with Gasteiger partial charge in [0.2, 0.25) is 0 Å². The minimum atomic E-state index is 0.0830. The third kappa shape index (κ3) is 3.88. The van der Waals surface area contributed by atoms with Crippen molar-refractivity contribution in [2.45, 2.75) is 19.3 Å². The topological polar surface area (TPSA) is 3.24 Å². The molecule has 1 atom stereocenters. The van der Waals surface area contributed by atoms with Gasteiger partial charge in [0.15, 0.2) is 0 Å². The van der Waals surface area contributed by atoms with Crippen LogP contribution >= 0.6 is 7.55 Å². The molecule has 0 aliphatic carbocycles. The predicted octanol–water partition coefficient (Wildman–Crippen LogP) is 2.02. The molecule has 1 heterocycles. The van der Waals surface area contributed by atoms with Crippen LogP contribution in [0, 0.1) is 0 Å². The van der Waals surface area contributed by atoms with Gasteiger partial charge < -0.3 is 0 Å². The normalized spacial score (nSPS) is 21.7. The first-order valence-electron chi connectivity index (χ1n) is 4.53. The number of hydrogen-bond acceptors (Lipinski definition) is 1. The Morgan fingerprint density at radius 2 is 1.91 bits per heavy atom. The van der Waals surface area contributed by atoms with Crippen LogP contribution in [0.5, 0.6) is 0 Å². The van der Waals surface area contributed by atoms with E-state index in [1.54, 1.807) is 0 Å². The summed E-state index contributed by atoms with van der Waals surface area (Å²) in [4.78, 5) is 2.59. The number of piperidine rings is 1. The maximum atomic E-state index is 4.06. The van der Waals surface area contributed by atoms with E-state index in [2.05, 4.69) is 17.9 Å². The lowest BCUT2D eigenvalue weighted by atomic mass is 10.1. The highest BCUT2D eigenvalue weighted by atomic mass is 31.1. The molecule has 1 aliphatic heterocycles. The van der Waals surface area contributed by atoms with Crippen LogP contribution in [0.2, 0.25) is 0 Å². The molecule has 1 rings (SSSR count). The highest BCUT2D eigenvalue weighted by molar-refractivity contribution is 7.54. The van der Waals surface area contributed by atoms with Crippen LogP contribution in [0.3, 0.4) is 0 Å². The molecule has 0 spiro atoms. The third-order valence-electron chi connectivity index (χ3n) is 2.25. The summed E-state index contributed by atoms with van der Waals surface area (Å²) in [5.74, 6) is 0. The molecule has 0 bridgehead atoms. The zero-order valence-electron chi connectivity index (χ0n) is 7.55. The highest BCUT2D eigenvalue weighted by Gasteiger charge is 2.10. The quantitative estimate of drug-likeness (QED) is 0.589. The molecule has 0 amide bonds. The van der Waals surface area contributed by atoms with E-state index in [0.717, 1.165) is 0 Å². The van der Waals surface area contributed by atoms with Gasteiger partial charge in [-0.1, -0.05) is 6.42 Å². The summed E-state index contributed by atoms with van der Waals surface area (Å²) < 4.78 is 0. The number of likely N-dealkylation sites (tertiary alicyclic amines) is 1. The van der Waals surface area contributed by atoms with Crippen LogP contribution in [0.25, 0.3) is 0 Å². The molecule has 0 N–H and O–H groups in total. The fraction of sp³-hybridized carbons (Fsp3) is 0.889. The second kappa shape index (κ2) is 4.90. The Bertz CT molecular complexity index is 128. The van der Waals surface area contributed by atoms with Crippen LogP contribution in [-0.2, 0) is 0 Å². The summed E-state index contributed by atoms with van der Waals surface area (Å²) in [7, 11) is 0.0830. The van der Waals surface area contributed by atoms with Crippen LogP contribution in [-0.4, -0.2) is 43.7 Å². The molecule has 1 nitrogen and oxygen atoms in total. The van der Waals surface area contributed by atoms with Gasteiger partial charge in [-0.15, -0.1) is 0 Å². The van der Waals surface area contributed by atoms with Gasteiger partial charge in [0.05, 0.1) is 20.5 Å². The average molecular weight is 172 g/mol. The molecule has 11 heavy (non-hydrogen) atoms. The number of rotatable bonds is 3. The van der Waals surface area contributed by atoms with Gasteiger partial charge >= 0.3 is 0 Å². The largest absolute Gasteiger partial charge is 0.299 e. The molecule has 1 fully saturated rings. The Balaban J connectivity index is 2.09. The van der Waals surface area contributed by atoms with E-state index in [1.165, 1.54) is 45.1 Å². The predicted molar refractivity (Wildman–Crippen MR) is 55.1 cm³/mol. The maximum absolute atomic E-state index is 4.06. The summed E-state index contributed by atoms with van der Waals surface area (Å²) in [6.07, 6.45) is 9.67. The van der Waals surface area contributed by atoms with Gasteiger partial charge in [0.1, 0.15) is 6.16 Å². The summed E-state index contributed by atoms with van der Waals surface area (Å²) >= 11 is 0. The van der Waals surface area contributed by atoms with Gasteiger partial charge in [0.25, 0.3) is 0 Å². The summed E-state index contributed by atoms with van der Waals surface area (Å²) in [5.41, 5.74) is 0. The molecule has 2 heteroatoms. The molecule has 1 unspecified atom stereocenters. The molecule has 1 aliphatic rings. The zero-order valence-corrected chi connectivity index (χ0v) is 8.45. The molecular weight excluding hydrogens is 153 g/mol. The monoisotopic (exact) mass is 172 g/mol. The van der Waals surface area contributed by atoms with E-state index in [4.69, 9.17) is 0 Å².